The average Bonchev–Trinajstić information content (AvgIpc) is 3.95. The summed E-state index contributed by atoms with van der Waals surface area (Å²) >= 11 is 0. The van der Waals surface area contributed by atoms with E-state index in [-0.39, 0.29) is 80.9 Å². The van der Waals surface area contributed by atoms with E-state index in [9.17, 15) is 22.8 Å². The van der Waals surface area contributed by atoms with E-state index in [4.69, 9.17) is 25.6 Å². The molecular weight excluding hydrogens is 1020 g/mol. The molecular formula is C52H76N10O9S2Ti. The van der Waals surface area contributed by atoms with Gasteiger partial charge >= 0.3 is 0 Å². The first kappa shape index (κ1) is 63.6. The number of fused-ring (bicyclic) bond motifs is 2. The molecule has 404 valence electrons. The van der Waals surface area contributed by atoms with Gasteiger partial charge in [0.2, 0.25) is 5.78 Å². The largest absolute Gasteiger partial charge is 0.397 e. The maximum atomic E-state index is 13.0. The van der Waals surface area contributed by atoms with E-state index in [1.54, 1.807) is 95.3 Å². The Morgan fingerprint density at radius 1 is 0.635 bits per heavy atom. The fraction of sp³-hybridized carbons (Fsp3) is 0.538. The molecule has 2 aromatic carbocycles. The third-order valence-corrected chi connectivity index (χ3v) is 15.1. The molecule has 0 aliphatic heterocycles. The number of hydrogen-bond acceptors (Lipinski definition) is 13. The monoisotopic (exact) mass is 1100 g/mol. The minimum atomic E-state index is -1.48. The first-order valence-electron chi connectivity index (χ1n) is 24.5. The topological polar surface area (TPSA) is 276 Å². The molecule has 0 spiro atoms. The Labute approximate surface area is 453 Å². The second-order valence-corrected chi connectivity index (χ2v) is 24.0. The molecule has 22 heteroatoms. The fourth-order valence-electron chi connectivity index (χ4n) is 8.38. The van der Waals surface area contributed by atoms with Gasteiger partial charge in [-0.25, -0.2) is 17.8 Å². The van der Waals surface area contributed by atoms with Crippen molar-refractivity contribution in [3.8, 4) is 0 Å². The van der Waals surface area contributed by atoms with Crippen LogP contribution < -0.4 is 16.3 Å². The molecule has 6 aromatic rings. The summed E-state index contributed by atoms with van der Waals surface area (Å²) in [7, 11) is 0.764. The third kappa shape index (κ3) is 14.8. The van der Waals surface area contributed by atoms with Crippen molar-refractivity contribution >= 4 is 55.0 Å². The SMILES string of the molecule is CC(C)(C)[S@](N)=O.CCO.CCO.CCO.CCO.Cn1ccc2c(C(=N[S@](=O)C(C)(C)C)c3cn(C45CC(C4)C5)nn3)cccc2c1=O.Cn1ccc2c(C(=O)c3cn(C45CC(C4)C5)nn3)cccc2c1=O.[Ti]. The number of rotatable bonds is 7. The number of aromatic nitrogens is 8. The van der Waals surface area contributed by atoms with Crippen LogP contribution >= 0.6 is 0 Å². The van der Waals surface area contributed by atoms with Gasteiger partial charge in [0, 0.05) is 96.5 Å². The van der Waals surface area contributed by atoms with Gasteiger partial charge in [-0.05, 0) is 155 Å². The van der Waals surface area contributed by atoms with Crippen LogP contribution in [0.1, 0.15) is 135 Å². The van der Waals surface area contributed by atoms with Crippen molar-refractivity contribution in [1.82, 2.24) is 39.1 Å². The number of ketones is 1. The van der Waals surface area contributed by atoms with Crippen LogP contribution in [0.5, 0.6) is 0 Å². The van der Waals surface area contributed by atoms with E-state index in [2.05, 4.69) is 25.0 Å². The van der Waals surface area contributed by atoms with Gasteiger partial charge in [-0.3, -0.25) is 19.5 Å². The Morgan fingerprint density at radius 2 is 0.986 bits per heavy atom. The predicted octanol–water partition coefficient (Wildman–Crippen LogP) is 5.21. The number of nitrogens with two attached hydrogens (primary N) is 1. The van der Waals surface area contributed by atoms with Crippen LogP contribution in [0, 0.1) is 11.8 Å². The Kier molecular flexibility index (Phi) is 23.5. The molecule has 6 saturated carbocycles. The van der Waals surface area contributed by atoms with E-state index >= 15 is 0 Å². The summed E-state index contributed by atoms with van der Waals surface area (Å²) in [6.45, 7) is 18.9. The first-order chi connectivity index (χ1) is 34.3. The smallest absolute Gasteiger partial charge is 0.258 e. The summed E-state index contributed by atoms with van der Waals surface area (Å²) in [6, 6.07) is 14.5. The van der Waals surface area contributed by atoms with Crippen LogP contribution in [0.3, 0.4) is 0 Å². The third-order valence-electron chi connectivity index (χ3n) is 12.5. The van der Waals surface area contributed by atoms with Crippen molar-refractivity contribution in [2.45, 2.75) is 128 Å². The van der Waals surface area contributed by atoms with Crippen LogP contribution in [0.2, 0.25) is 0 Å². The zero-order valence-corrected chi connectivity index (χ0v) is 48.1. The Balaban J connectivity index is 0.000000292. The minimum Gasteiger partial charge on any atom is -0.397 e. The number of aliphatic hydroxyl groups is 4. The van der Waals surface area contributed by atoms with E-state index in [1.807, 2.05) is 75.3 Å². The van der Waals surface area contributed by atoms with Gasteiger partial charge in [0.15, 0.2) is 5.69 Å². The molecule has 12 rings (SSSR count). The molecule has 4 bridgehead atoms. The standard InChI is InChI=1S/C22H25N5O2S.C18H16N4O2.C4H11NOS.4C2H6O.Ti/c1-21(2,3)30(29)24-19(18-13-27(25-23-18)22-10-14(11-22)12-22)16-6-5-7-17-15(16)8-9-26(4)20(17)28;1-21-6-5-12-13(3-2-4-14(12)17(21)24)16(23)15-10-22(20-19-15)18-7-11(8-18)9-18;1-4(2,3)7(5)6;4*1-2-3;/h5-9,13-14H,10-12H2,1-4H3;2-6,10-11H,7-9H2,1H3;5H2,1-3H3;4*3H,2H2,1H3;/t14?,22?,30-;;7-;;;;;/m1.1...../s1. The predicted molar refractivity (Wildman–Crippen MR) is 289 cm³/mol. The molecule has 6 N–H and O–H groups in total. The quantitative estimate of drug-likeness (QED) is 0.0782. The molecule has 6 aliphatic carbocycles. The van der Waals surface area contributed by atoms with Crippen molar-refractivity contribution in [3.05, 3.63) is 117 Å². The average molecular weight is 1100 g/mol. The number of hydrogen-bond donors (Lipinski definition) is 5. The van der Waals surface area contributed by atoms with Gasteiger partial charge < -0.3 is 29.6 Å². The van der Waals surface area contributed by atoms with E-state index in [1.165, 1.54) is 4.57 Å². The van der Waals surface area contributed by atoms with E-state index in [0.29, 0.717) is 38.8 Å². The summed E-state index contributed by atoms with van der Waals surface area (Å²) in [5, 5.41) is 55.0. The van der Waals surface area contributed by atoms with Crippen molar-refractivity contribution in [3.63, 3.8) is 0 Å². The maximum Gasteiger partial charge on any atom is 0.258 e. The number of benzene rings is 2. The molecule has 6 fully saturated rings. The first-order valence-corrected chi connectivity index (χ1v) is 26.9. The molecule has 6 aliphatic rings. The molecule has 0 amide bonds. The number of aryl methyl sites for hydroxylation is 2. The summed E-state index contributed by atoms with van der Waals surface area (Å²) in [5.41, 5.74) is 2.72. The van der Waals surface area contributed by atoms with Gasteiger partial charge in [-0.15, -0.1) is 10.2 Å². The van der Waals surface area contributed by atoms with E-state index in [0.717, 1.165) is 61.3 Å². The zero-order valence-electron chi connectivity index (χ0n) is 44.9. The number of carbonyl (C=O) groups is 1. The van der Waals surface area contributed by atoms with Crippen LogP contribution in [-0.2, 0) is 68.9 Å². The molecule has 4 aromatic heterocycles. The number of pyridine rings is 2. The normalized spacial score (nSPS) is 20.4. The minimum absolute atomic E-state index is 0. The summed E-state index contributed by atoms with van der Waals surface area (Å²) in [5.74, 6) is 1.47. The summed E-state index contributed by atoms with van der Waals surface area (Å²) in [4.78, 5) is 37.8. The molecule has 19 nitrogen and oxygen atoms in total. The van der Waals surface area contributed by atoms with Gasteiger partial charge in [-0.2, -0.15) is 4.40 Å². The van der Waals surface area contributed by atoms with Crippen LogP contribution in [0.15, 0.2) is 87.3 Å². The van der Waals surface area contributed by atoms with Gasteiger partial charge in [-0.1, -0.05) is 34.7 Å². The second kappa shape index (κ2) is 27.4. The second-order valence-electron chi connectivity index (χ2n) is 20.3. The molecule has 0 saturated heterocycles. The van der Waals surface area contributed by atoms with Crippen molar-refractivity contribution < 1.29 is 55.4 Å². The van der Waals surface area contributed by atoms with Gasteiger partial charge in [0.05, 0.1) is 44.0 Å². The van der Waals surface area contributed by atoms with Crippen molar-refractivity contribution in [1.29, 1.82) is 0 Å². The maximum absolute atomic E-state index is 13.0. The Morgan fingerprint density at radius 3 is 1.34 bits per heavy atom. The summed E-state index contributed by atoms with van der Waals surface area (Å²) in [6.07, 6.45) is 14.0. The number of carbonyl (C=O) groups excluding carboxylic acids is 1. The Hall–Kier alpha value is -4.71. The van der Waals surface area contributed by atoms with Crippen LogP contribution in [0.25, 0.3) is 21.5 Å². The molecule has 0 unspecified atom stereocenters. The summed E-state index contributed by atoms with van der Waals surface area (Å²) < 4.78 is 34.0. The van der Waals surface area contributed by atoms with E-state index < -0.39 is 26.7 Å². The fourth-order valence-corrected chi connectivity index (χ4v) is 9.01. The molecule has 0 radical (unpaired) electrons. The Bertz CT molecular complexity index is 2980. The van der Waals surface area contributed by atoms with Gasteiger partial charge in [0.25, 0.3) is 11.1 Å². The zero-order chi connectivity index (χ0) is 54.6. The van der Waals surface area contributed by atoms with Crippen molar-refractivity contribution in [2.75, 3.05) is 26.4 Å². The molecule has 2 atom stereocenters. The van der Waals surface area contributed by atoms with Crippen LogP contribution in [0.4, 0.5) is 0 Å². The van der Waals surface area contributed by atoms with Crippen LogP contribution in [-0.4, -0.2) is 115 Å². The molecule has 74 heavy (non-hydrogen) atoms. The van der Waals surface area contributed by atoms with Gasteiger partial charge in [0.1, 0.15) is 22.4 Å². The van der Waals surface area contributed by atoms with Crippen molar-refractivity contribution in [2.24, 2.45) is 35.5 Å². The molecule has 4 heterocycles. The number of aliphatic hydroxyl groups excluding tert-OH is 4. The number of nitrogens with zero attached hydrogens (tertiary/aromatic N) is 9.